The van der Waals surface area contributed by atoms with Gasteiger partial charge in [0, 0.05) is 30.4 Å². The number of nitriles is 1. The minimum absolute atomic E-state index is 0.110. The molecule has 0 aliphatic carbocycles. The number of anilines is 1. The standard InChI is InChI=1S/C14H15N5O/c1-10(6-12-8-16-9-18-12)14(20)19-13-7-11(2-4-15)3-5-17-13/h3,5,7-10H,2,6H2,1H3,(H,16,18)(H,17,19,20). The lowest BCUT2D eigenvalue weighted by Gasteiger charge is -2.11. The second kappa shape index (κ2) is 6.48. The molecule has 0 bridgehead atoms. The lowest BCUT2D eigenvalue weighted by Crippen LogP contribution is -2.22. The third-order valence-electron chi connectivity index (χ3n) is 2.89. The first-order valence-electron chi connectivity index (χ1n) is 6.29. The molecule has 1 amide bonds. The van der Waals surface area contributed by atoms with E-state index in [1.54, 1.807) is 30.9 Å². The lowest BCUT2D eigenvalue weighted by atomic mass is 10.1. The summed E-state index contributed by atoms with van der Waals surface area (Å²) in [5.41, 5.74) is 1.75. The molecule has 0 aliphatic rings. The Kier molecular flexibility index (Phi) is 4.45. The van der Waals surface area contributed by atoms with Gasteiger partial charge < -0.3 is 10.3 Å². The van der Waals surface area contributed by atoms with E-state index in [0.29, 0.717) is 18.7 Å². The number of imidazole rings is 1. The Morgan fingerprint density at radius 1 is 1.60 bits per heavy atom. The normalized spacial score (nSPS) is 11.6. The Balaban J connectivity index is 1.97. The van der Waals surface area contributed by atoms with Crippen LogP contribution in [0.25, 0.3) is 0 Å². The zero-order valence-electron chi connectivity index (χ0n) is 11.1. The summed E-state index contributed by atoms with van der Waals surface area (Å²) in [7, 11) is 0. The van der Waals surface area contributed by atoms with E-state index in [4.69, 9.17) is 5.26 Å². The lowest BCUT2D eigenvalue weighted by molar-refractivity contribution is -0.119. The molecule has 6 nitrogen and oxygen atoms in total. The van der Waals surface area contributed by atoms with Crippen LogP contribution in [0.4, 0.5) is 5.82 Å². The van der Waals surface area contributed by atoms with Crippen molar-refractivity contribution >= 4 is 11.7 Å². The topological polar surface area (TPSA) is 94.5 Å². The average Bonchev–Trinajstić information content (AvgIpc) is 2.92. The third kappa shape index (κ3) is 3.65. The molecule has 2 rings (SSSR count). The Morgan fingerprint density at radius 3 is 3.15 bits per heavy atom. The molecule has 0 aliphatic heterocycles. The van der Waals surface area contributed by atoms with Gasteiger partial charge in [-0.05, 0) is 17.7 Å². The Morgan fingerprint density at radius 2 is 2.45 bits per heavy atom. The molecule has 2 N–H and O–H groups in total. The molecule has 20 heavy (non-hydrogen) atoms. The molecular formula is C14H15N5O. The van der Waals surface area contributed by atoms with Crippen LogP contribution >= 0.6 is 0 Å². The smallest absolute Gasteiger partial charge is 0.228 e. The van der Waals surface area contributed by atoms with Crippen molar-refractivity contribution < 1.29 is 4.79 Å². The maximum atomic E-state index is 12.1. The van der Waals surface area contributed by atoms with E-state index < -0.39 is 0 Å². The number of aromatic nitrogens is 3. The van der Waals surface area contributed by atoms with Crippen molar-refractivity contribution in [3.63, 3.8) is 0 Å². The minimum Gasteiger partial charge on any atom is -0.348 e. The van der Waals surface area contributed by atoms with E-state index >= 15 is 0 Å². The fourth-order valence-corrected chi connectivity index (χ4v) is 1.81. The maximum Gasteiger partial charge on any atom is 0.228 e. The van der Waals surface area contributed by atoms with Crippen LogP contribution in [-0.2, 0) is 17.6 Å². The van der Waals surface area contributed by atoms with Crippen LogP contribution in [0.5, 0.6) is 0 Å². The number of nitrogens with zero attached hydrogens (tertiary/aromatic N) is 3. The van der Waals surface area contributed by atoms with Gasteiger partial charge in [-0.2, -0.15) is 5.26 Å². The SMILES string of the molecule is CC(Cc1cnc[nH]1)C(=O)Nc1cc(CC#N)ccn1. The highest BCUT2D eigenvalue weighted by Crippen LogP contribution is 2.11. The highest BCUT2D eigenvalue weighted by atomic mass is 16.1. The zero-order valence-corrected chi connectivity index (χ0v) is 11.1. The highest BCUT2D eigenvalue weighted by Gasteiger charge is 2.15. The number of carbonyl (C=O) groups excluding carboxylic acids is 1. The molecule has 102 valence electrons. The molecule has 6 heteroatoms. The van der Waals surface area contributed by atoms with Crippen LogP contribution in [-0.4, -0.2) is 20.9 Å². The van der Waals surface area contributed by atoms with Gasteiger partial charge in [0.2, 0.25) is 5.91 Å². The summed E-state index contributed by atoms with van der Waals surface area (Å²) in [5, 5.41) is 11.4. The summed E-state index contributed by atoms with van der Waals surface area (Å²) < 4.78 is 0. The average molecular weight is 269 g/mol. The van der Waals surface area contributed by atoms with E-state index in [1.165, 1.54) is 0 Å². The van der Waals surface area contributed by atoms with Gasteiger partial charge in [-0.1, -0.05) is 6.92 Å². The van der Waals surface area contributed by atoms with E-state index in [0.717, 1.165) is 11.3 Å². The van der Waals surface area contributed by atoms with Gasteiger partial charge in [-0.25, -0.2) is 9.97 Å². The van der Waals surface area contributed by atoms with Crippen molar-refractivity contribution in [2.75, 3.05) is 5.32 Å². The number of hydrogen-bond donors (Lipinski definition) is 2. The van der Waals surface area contributed by atoms with E-state index in [1.807, 2.05) is 6.92 Å². The predicted octanol–water partition coefficient (Wildman–Crippen LogP) is 1.69. The highest BCUT2D eigenvalue weighted by molar-refractivity contribution is 5.91. The summed E-state index contributed by atoms with van der Waals surface area (Å²) in [6, 6.07) is 5.53. The number of carbonyl (C=O) groups is 1. The fourth-order valence-electron chi connectivity index (χ4n) is 1.81. The number of H-pyrrole nitrogens is 1. The maximum absolute atomic E-state index is 12.1. The minimum atomic E-state index is -0.197. The van der Waals surface area contributed by atoms with Crippen LogP contribution in [0.2, 0.25) is 0 Å². The molecule has 2 aromatic rings. The molecule has 0 aromatic carbocycles. The number of pyridine rings is 1. The summed E-state index contributed by atoms with van der Waals surface area (Å²) in [6.45, 7) is 1.84. The summed E-state index contributed by atoms with van der Waals surface area (Å²) in [5.74, 6) is 0.164. The third-order valence-corrected chi connectivity index (χ3v) is 2.89. The van der Waals surface area contributed by atoms with Gasteiger partial charge in [0.25, 0.3) is 0 Å². The van der Waals surface area contributed by atoms with Crippen molar-refractivity contribution in [1.29, 1.82) is 5.26 Å². The summed E-state index contributed by atoms with van der Waals surface area (Å²) in [4.78, 5) is 23.0. The first-order chi connectivity index (χ1) is 9.69. The van der Waals surface area contributed by atoms with E-state index in [9.17, 15) is 4.79 Å². The van der Waals surface area contributed by atoms with Gasteiger partial charge in [0.05, 0.1) is 18.8 Å². The van der Waals surface area contributed by atoms with Gasteiger partial charge in [-0.3, -0.25) is 4.79 Å². The van der Waals surface area contributed by atoms with Gasteiger partial charge in [0.15, 0.2) is 0 Å². The first-order valence-corrected chi connectivity index (χ1v) is 6.29. The molecule has 0 spiro atoms. The number of amides is 1. The molecule has 1 unspecified atom stereocenters. The molecule has 0 radical (unpaired) electrons. The largest absolute Gasteiger partial charge is 0.348 e. The number of aromatic amines is 1. The predicted molar refractivity (Wildman–Crippen MR) is 73.6 cm³/mol. The van der Waals surface area contributed by atoms with E-state index in [-0.39, 0.29) is 11.8 Å². The van der Waals surface area contributed by atoms with Crippen LogP contribution < -0.4 is 5.32 Å². The van der Waals surface area contributed by atoms with Crippen molar-refractivity contribution in [2.24, 2.45) is 5.92 Å². The Hall–Kier alpha value is -2.68. The van der Waals surface area contributed by atoms with Crippen molar-refractivity contribution in [1.82, 2.24) is 15.0 Å². The molecule has 0 saturated carbocycles. The number of hydrogen-bond acceptors (Lipinski definition) is 4. The van der Waals surface area contributed by atoms with E-state index in [2.05, 4.69) is 26.3 Å². The molecule has 0 saturated heterocycles. The Bertz CT molecular complexity index is 615. The quantitative estimate of drug-likeness (QED) is 0.863. The molecular weight excluding hydrogens is 254 g/mol. The van der Waals surface area contributed by atoms with Gasteiger partial charge >= 0.3 is 0 Å². The monoisotopic (exact) mass is 269 g/mol. The Labute approximate surface area is 116 Å². The number of rotatable bonds is 5. The van der Waals surface area contributed by atoms with Gasteiger partial charge in [-0.15, -0.1) is 0 Å². The number of nitrogens with one attached hydrogen (secondary N) is 2. The molecule has 0 fully saturated rings. The van der Waals surface area contributed by atoms with Crippen LogP contribution in [0, 0.1) is 17.2 Å². The summed E-state index contributed by atoms with van der Waals surface area (Å²) in [6.07, 6.45) is 5.77. The van der Waals surface area contributed by atoms with Crippen molar-refractivity contribution in [3.05, 3.63) is 42.1 Å². The molecule has 2 aromatic heterocycles. The zero-order chi connectivity index (χ0) is 14.4. The van der Waals surface area contributed by atoms with Crippen molar-refractivity contribution in [3.8, 4) is 6.07 Å². The van der Waals surface area contributed by atoms with Gasteiger partial charge in [0.1, 0.15) is 5.82 Å². The molecule has 2 heterocycles. The van der Waals surface area contributed by atoms with Crippen molar-refractivity contribution in [2.45, 2.75) is 19.8 Å². The molecule has 1 atom stereocenters. The van der Waals surface area contributed by atoms with Crippen LogP contribution in [0.3, 0.4) is 0 Å². The van der Waals surface area contributed by atoms with Crippen LogP contribution in [0.1, 0.15) is 18.2 Å². The summed E-state index contributed by atoms with van der Waals surface area (Å²) >= 11 is 0. The fraction of sp³-hybridized carbons (Fsp3) is 0.286. The van der Waals surface area contributed by atoms with Crippen LogP contribution in [0.15, 0.2) is 30.9 Å². The second-order valence-electron chi connectivity index (χ2n) is 4.56. The first kappa shape index (κ1) is 13.7. The second-order valence-corrected chi connectivity index (χ2v) is 4.56.